The van der Waals surface area contributed by atoms with Crippen LogP contribution in [0.25, 0.3) is 0 Å². The Balaban J connectivity index is 1.70. The number of nitrogens with zero attached hydrogens (tertiary/aromatic N) is 4. The molecule has 25 heavy (non-hydrogen) atoms. The van der Waals surface area contributed by atoms with Gasteiger partial charge in [0.25, 0.3) is 5.91 Å². The van der Waals surface area contributed by atoms with Crippen molar-refractivity contribution in [2.45, 2.75) is 13.1 Å². The summed E-state index contributed by atoms with van der Waals surface area (Å²) in [6, 6.07) is 13.5. The molecule has 0 bridgehead atoms. The van der Waals surface area contributed by atoms with Crippen molar-refractivity contribution in [3.8, 4) is 0 Å². The standard InChI is InChI=1S/C18H20N4O3/c1-24-11-9-21(13-16-8-5-10-25-16)18(23)17-14-22(20-19-17)12-15-6-3-2-4-7-15/h2-8,10,14H,9,11-13H2,1H3. The number of ether oxygens (including phenoxy) is 1. The lowest BCUT2D eigenvalue weighted by Gasteiger charge is -2.19. The van der Waals surface area contributed by atoms with Gasteiger partial charge in [0.05, 0.1) is 32.2 Å². The van der Waals surface area contributed by atoms with Crippen LogP contribution in [0, 0.1) is 0 Å². The predicted molar refractivity (Wildman–Crippen MR) is 90.9 cm³/mol. The Morgan fingerprint density at radius 3 is 2.80 bits per heavy atom. The van der Waals surface area contributed by atoms with Crippen LogP contribution in [-0.2, 0) is 17.8 Å². The number of furan rings is 1. The van der Waals surface area contributed by atoms with Crippen LogP contribution in [0.15, 0.2) is 59.3 Å². The maximum atomic E-state index is 12.8. The van der Waals surface area contributed by atoms with E-state index >= 15 is 0 Å². The predicted octanol–water partition coefficient (Wildman–Crippen LogP) is 2.21. The van der Waals surface area contributed by atoms with Gasteiger partial charge in [-0.05, 0) is 17.7 Å². The van der Waals surface area contributed by atoms with Crippen molar-refractivity contribution < 1.29 is 13.9 Å². The highest BCUT2D eigenvalue weighted by Crippen LogP contribution is 2.10. The van der Waals surface area contributed by atoms with Crippen LogP contribution in [0.4, 0.5) is 0 Å². The third-order valence-electron chi connectivity index (χ3n) is 3.72. The average Bonchev–Trinajstić information content (AvgIpc) is 3.31. The summed E-state index contributed by atoms with van der Waals surface area (Å²) >= 11 is 0. The molecule has 0 atom stereocenters. The average molecular weight is 340 g/mol. The molecule has 2 aromatic heterocycles. The van der Waals surface area contributed by atoms with Crippen molar-refractivity contribution in [3.05, 3.63) is 71.9 Å². The molecule has 130 valence electrons. The number of carbonyl (C=O) groups excluding carboxylic acids is 1. The van der Waals surface area contributed by atoms with Crippen molar-refractivity contribution in [2.24, 2.45) is 0 Å². The molecule has 0 aliphatic carbocycles. The van der Waals surface area contributed by atoms with E-state index < -0.39 is 0 Å². The number of methoxy groups -OCH3 is 1. The monoisotopic (exact) mass is 340 g/mol. The first kappa shape index (κ1) is 16.9. The first-order valence-electron chi connectivity index (χ1n) is 8.01. The zero-order valence-corrected chi connectivity index (χ0v) is 14.0. The van der Waals surface area contributed by atoms with Crippen LogP contribution in [0.1, 0.15) is 21.8 Å². The minimum Gasteiger partial charge on any atom is -0.467 e. The summed E-state index contributed by atoms with van der Waals surface area (Å²) in [5.41, 5.74) is 1.40. The summed E-state index contributed by atoms with van der Waals surface area (Å²) < 4.78 is 12.1. The first-order valence-corrected chi connectivity index (χ1v) is 8.01. The molecule has 1 aromatic carbocycles. The van der Waals surface area contributed by atoms with Crippen LogP contribution in [0.2, 0.25) is 0 Å². The van der Waals surface area contributed by atoms with Crippen LogP contribution in [0.3, 0.4) is 0 Å². The smallest absolute Gasteiger partial charge is 0.276 e. The van der Waals surface area contributed by atoms with E-state index in [9.17, 15) is 4.79 Å². The van der Waals surface area contributed by atoms with Gasteiger partial charge in [0.1, 0.15) is 5.76 Å². The first-order chi connectivity index (χ1) is 12.3. The largest absolute Gasteiger partial charge is 0.467 e. The zero-order chi connectivity index (χ0) is 17.5. The molecule has 2 heterocycles. The SMILES string of the molecule is COCCN(Cc1ccco1)C(=O)c1cn(Cc2ccccc2)nn1. The quantitative estimate of drug-likeness (QED) is 0.628. The number of aromatic nitrogens is 3. The second-order valence-corrected chi connectivity index (χ2v) is 5.59. The number of rotatable bonds is 8. The minimum atomic E-state index is -0.201. The molecule has 0 aliphatic rings. The van der Waals surface area contributed by atoms with Crippen molar-refractivity contribution >= 4 is 5.91 Å². The van der Waals surface area contributed by atoms with Gasteiger partial charge in [-0.3, -0.25) is 4.79 Å². The lowest BCUT2D eigenvalue weighted by atomic mass is 10.2. The van der Waals surface area contributed by atoms with E-state index in [4.69, 9.17) is 9.15 Å². The van der Waals surface area contributed by atoms with Crippen LogP contribution in [0.5, 0.6) is 0 Å². The molecule has 0 fully saturated rings. The fraction of sp³-hybridized carbons (Fsp3) is 0.278. The lowest BCUT2D eigenvalue weighted by Crippen LogP contribution is -2.33. The molecule has 0 unspecified atom stereocenters. The van der Waals surface area contributed by atoms with E-state index in [1.54, 1.807) is 35.2 Å². The maximum absolute atomic E-state index is 12.8. The maximum Gasteiger partial charge on any atom is 0.276 e. The van der Waals surface area contributed by atoms with Crippen molar-refractivity contribution in [3.63, 3.8) is 0 Å². The molecule has 3 rings (SSSR count). The second kappa shape index (κ2) is 8.25. The fourth-order valence-electron chi connectivity index (χ4n) is 2.45. The third kappa shape index (κ3) is 4.54. The molecule has 7 heteroatoms. The molecule has 0 saturated carbocycles. The van der Waals surface area contributed by atoms with Crippen LogP contribution >= 0.6 is 0 Å². The second-order valence-electron chi connectivity index (χ2n) is 5.59. The van der Waals surface area contributed by atoms with Gasteiger partial charge in [0.15, 0.2) is 5.69 Å². The molecule has 7 nitrogen and oxygen atoms in total. The molecule has 3 aromatic rings. The van der Waals surface area contributed by atoms with Gasteiger partial charge in [-0.2, -0.15) is 0 Å². The number of carbonyl (C=O) groups is 1. The van der Waals surface area contributed by atoms with Gasteiger partial charge in [0, 0.05) is 13.7 Å². The Kier molecular flexibility index (Phi) is 5.58. The highest BCUT2D eigenvalue weighted by Gasteiger charge is 2.20. The van der Waals surface area contributed by atoms with Crippen LogP contribution in [-0.4, -0.2) is 46.1 Å². The molecular formula is C18H20N4O3. The fourth-order valence-corrected chi connectivity index (χ4v) is 2.45. The highest BCUT2D eigenvalue weighted by atomic mass is 16.5. The molecule has 0 spiro atoms. The highest BCUT2D eigenvalue weighted by molar-refractivity contribution is 5.91. The van der Waals surface area contributed by atoms with Crippen LogP contribution < -0.4 is 0 Å². The summed E-state index contributed by atoms with van der Waals surface area (Å²) in [6.07, 6.45) is 3.25. The Morgan fingerprint density at radius 1 is 1.24 bits per heavy atom. The van der Waals surface area contributed by atoms with Gasteiger partial charge in [-0.1, -0.05) is 35.5 Å². The summed E-state index contributed by atoms with van der Waals surface area (Å²) in [4.78, 5) is 14.4. The van der Waals surface area contributed by atoms with Gasteiger partial charge in [0.2, 0.25) is 0 Å². The molecule has 0 aliphatic heterocycles. The summed E-state index contributed by atoms with van der Waals surface area (Å²) in [6.45, 7) is 1.81. The van der Waals surface area contributed by atoms with Gasteiger partial charge in [-0.15, -0.1) is 5.10 Å². The van der Waals surface area contributed by atoms with Crippen molar-refractivity contribution in [1.29, 1.82) is 0 Å². The van der Waals surface area contributed by atoms with E-state index in [0.717, 1.165) is 5.56 Å². The Morgan fingerprint density at radius 2 is 2.08 bits per heavy atom. The van der Waals surface area contributed by atoms with Gasteiger partial charge < -0.3 is 14.1 Å². The number of hydrogen-bond donors (Lipinski definition) is 0. The zero-order valence-electron chi connectivity index (χ0n) is 14.0. The van der Waals surface area contributed by atoms with E-state index in [1.165, 1.54) is 0 Å². The van der Waals surface area contributed by atoms with Crippen molar-refractivity contribution in [2.75, 3.05) is 20.3 Å². The normalized spacial score (nSPS) is 10.8. The third-order valence-corrected chi connectivity index (χ3v) is 3.72. The summed E-state index contributed by atoms with van der Waals surface area (Å²) in [5.74, 6) is 0.508. The Hall–Kier alpha value is -2.93. The topological polar surface area (TPSA) is 73.4 Å². The summed E-state index contributed by atoms with van der Waals surface area (Å²) in [7, 11) is 1.60. The molecular weight excluding hydrogens is 320 g/mol. The molecule has 0 saturated heterocycles. The number of hydrogen-bond acceptors (Lipinski definition) is 5. The molecule has 1 amide bonds. The molecule has 0 N–H and O–H groups in total. The van der Waals surface area contributed by atoms with Gasteiger partial charge in [-0.25, -0.2) is 4.68 Å². The van der Waals surface area contributed by atoms with Gasteiger partial charge >= 0.3 is 0 Å². The lowest BCUT2D eigenvalue weighted by molar-refractivity contribution is 0.0660. The Labute approximate surface area is 145 Å². The van der Waals surface area contributed by atoms with E-state index in [0.29, 0.717) is 37.7 Å². The summed E-state index contributed by atoms with van der Waals surface area (Å²) in [5, 5.41) is 8.08. The van der Waals surface area contributed by atoms with E-state index in [1.807, 2.05) is 36.4 Å². The molecule has 0 radical (unpaired) electrons. The van der Waals surface area contributed by atoms with Crippen molar-refractivity contribution in [1.82, 2.24) is 19.9 Å². The number of amides is 1. The van der Waals surface area contributed by atoms with E-state index in [2.05, 4.69) is 10.3 Å². The van der Waals surface area contributed by atoms with E-state index in [-0.39, 0.29) is 5.91 Å². The minimum absolute atomic E-state index is 0.201. The Bertz CT molecular complexity index is 784. The number of benzene rings is 1.